The average Bonchev–Trinajstić information content (AvgIpc) is 3.30. The summed E-state index contributed by atoms with van der Waals surface area (Å²) >= 11 is 6.05. The highest BCUT2D eigenvalue weighted by atomic mass is 35.5. The molecule has 1 aliphatic rings. The fourth-order valence-electron chi connectivity index (χ4n) is 2.18. The molecular weight excluding hydrogens is 270 g/mol. The second-order valence-corrected chi connectivity index (χ2v) is 5.65. The van der Waals surface area contributed by atoms with E-state index >= 15 is 0 Å². The molecule has 0 atom stereocenters. The summed E-state index contributed by atoms with van der Waals surface area (Å²) in [5.74, 6) is 0.772. The van der Waals surface area contributed by atoms with E-state index in [2.05, 4.69) is 5.32 Å². The van der Waals surface area contributed by atoms with Crippen molar-refractivity contribution >= 4 is 23.1 Å². The quantitative estimate of drug-likeness (QED) is 0.825. The Hall–Kier alpha value is -1.80. The molecule has 3 heteroatoms. The molecule has 0 amide bonds. The normalized spacial score (nSPS) is 14.1. The van der Waals surface area contributed by atoms with Crippen molar-refractivity contribution in [2.45, 2.75) is 12.8 Å². The Balaban J connectivity index is 1.89. The third-order valence-corrected chi connectivity index (χ3v) is 3.78. The van der Waals surface area contributed by atoms with E-state index in [-0.39, 0.29) is 5.78 Å². The van der Waals surface area contributed by atoms with Crippen LogP contribution in [0.3, 0.4) is 0 Å². The van der Waals surface area contributed by atoms with Gasteiger partial charge in [0, 0.05) is 28.4 Å². The molecule has 0 aliphatic heterocycles. The first kappa shape index (κ1) is 13.2. The van der Waals surface area contributed by atoms with Crippen LogP contribution in [0.5, 0.6) is 0 Å². The van der Waals surface area contributed by atoms with Crippen LogP contribution in [-0.2, 0) is 0 Å². The lowest BCUT2D eigenvalue weighted by molar-refractivity contribution is 0.103. The highest BCUT2D eigenvalue weighted by Gasteiger charge is 2.22. The Kier molecular flexibility index (Phi) is 3.75. The van der Waals surface area contributed by atoms with Gasteiger partial charge in [-0.25, -0.2) is 0 Å². The number of anilines is 1. The molecule has 0 spiro atoms. The van der Waals surface area contributed by atoms with Crippen LogP contribution in [-0.4, -0.2) is 12.3 Å². The molecule has 0 bridgehead atoms. The van der Waals surface area contributed by atoms with E-state index in [0.717, 1.165) is 18.2 Å². The van der Waals surface area contributed by atoms with Crippen LogP contribution in [0.2, 0.25) is 5.02 Å². The number of carbonyl (C=O) groups is 1. The number of hydrogen-bond donors (Lipinski definition) is 1. The number of benzene rings is 2. The summed E-state index contributed by atoms with van der Waals surface area (Å²) < 4.78 is 0. The Morgan fingerprint density at radius 1 is 1.15 bits per heavy atom. The molecule has 0 saturated heterocycles. The fraction of sp³-hybridized carbons (Fsp3) is 0.235. The lowest BCUT2D eigenvalue weighted by Crippen LogP contribution is -2.10. The molecular formula is C17H16ClNO. The summed E-state index contributed by atoms with van der Waals surface area (Å²) in [5.41, 5.74) is 2.21. The molecule has 0 radical (unpaired) electrons. The molecule has 1 fully saturated rings. The van der Waals surface area contributed by atoms with Crippen LogP contribution in [0.4, 0.5) is 5.69 Å². The van der Waals surface area contributed by atoms with E-state index in [1.165, 1.54) is 12.8 Å². The van der Waals surface area contributed by atoms with Crippen LogP contribution in [0.15, 0.2) is 48.5 Å². The molecule has 0 heterocycles. The first-order chi connectivity index (χ1) is 9.74. The minimum absolute atomic E-state index is 0.0283. The number of hydrogen-bond acceptors (Lipinski definition) is 2. The minimum atomic E-state index is 0.0283. The average molecular weight is 286 g/mol. The second kappa shape index (κ2) is 5.68. The molecule has 3 rings (SSSR count). The zero-order valence-electron chi connectivity index (χ0n) is 11.1. The summed E-state index contributed by atoms with van der Waals surface area (Å²) in [6, 6.07) is 14.7. The SMILES string of the molecule is O=C(c1ccccc1)c1ccc(Cl)cc1NCC1CC1. The van der Waals surface area contributed by atoms with Gasteiger partial charge in [0.25, 0.3) is 0 Å². The number of carbonyl (C=O) groups excluding carboxylic acids is 1. The summed E-state index contributed by atoms with van der Waals surface area (Å²) in [5, 5.41) is 4.01. The summed E-state index contributed by atoms with van der Waals surface area (Å²) in [6.45, 7) is 0.912. The van der Waals surface area contributed by atoms with E-state index in [1.54, 1.807) is 12.1 Å². The zero-order valence-corrected chi connectivity index (χ0v) is 11.9. The van der Waals surface area contributed by atoms with Crippen molar-refractivity contribution in [3.63, 3.8) is 0 Å². The Bertz CT molecular complexity index is 620. The van der Waals surface area contributed by atoms with Crippen LogP contribution in [0.1, 0.15) is 28.8 Å². The fourth-order valence-corrected chi connectivity index (χ4v) is 2.35. The van der Waals surface area contributed by atoms with Crippen LogP contribution in [0, 0.1) is 5.92 Å². The van der Waals surface area contributed by atoms with Gasteiger partial charge in [-0.2, -0.15) is 0 Å². The Labute approximate surface area is 123 Å². The standard InChI is InChI=1S/C17H16ClNO/c18-14-8-9-15(16(10-14)19-11-12-6-7-12)17(20)13-4-2-1-3-5-13/h1-5,8-10,12,19H,6-7,11H2. The highest BCUT2D eigenvalue weighted by Crippen LogP contribution is 2.30. The van der Waals surface area contributed by atoms with E-state index < -0.39 is 0 Å². The van der Waals surface area contributed by atoms with Crippen molar-refractivity contribution in [2.75, 3.05) is 11.9 Å². The molecule has 2 aromatic carbocycles. The maximum Gasteiger partial charge on any atom is 0.195 e. The van der Waals surface area contributed by atoms with E-state index in [4.69, 9.17) is 11.6 Å². The smallest absolute Gasteiger partial charge is 0.195 e. The third kappa shape index (κ3) is 3.02. The lowest BCUT2D eigenvalue weighted by atomic mass is 10.0. The largest absolute Gasteiger partial charge is 0.384 e. The molecule has 2 aromatic rings. The van der Waals surface area contributed by atoms with E-state index in [9.17, 15) is 4.79 Å². The van der Waals surface area contributed by atoms with Gasteiger partial charge in [-0.05, 0) is 37.0 Å². The summed E-state index contributed by atoms with van der Waals surface area (Å²) in [6.07, 6.45) is 2.55. The van der Waals surface area contributed by atoms with E-state index in [0.29, 0.717) is 16.1 Å². The first-order valence-electron chi connectivity index (χ1n) is 6.87. The number of nitrogens with one attached hydrogen (secondary N) is 1. The molecule has 1 N–H and O–H groups in total. The van der Waals surface area contributed by atoms with Gasteiger partial charge in [0.15, 0.2) is 5.78 Å². The van der Waals surface area contributed by atoms with Crippen molar-refractivity contribution in [1.29, 1.82) is 0 Å². The third-order valence-electron chi connectivity index (χ3n) is 3.54. The van der Waals surface area contributed by atoms with Gasteiger partial charge < -0.3 is 5.32 Å². The topological polar surface area (TPSA) is 29.1 Å². The van der Waals surface area contributed by atoms with Crippen molar-refractivity contribution in [3.8, 4) is 0 Å². The van der Waals surface area contributed by atoms with Gasteiger partial charge >= 0.3 is 0 Å². The van der Waals surface area contributed by atoms with Crippen molar-refractivity contribution < 1.29 is 4.79 Å². The molecule has 2 nitrogen and oxygen atoms in total. The number of halogens is 1. The van der Waals surface area contributed by atoms with Crippen LogP contribution >= 0.6 is 11.6 Å². The van der Waals surface area contributed by atoms with Crippen molar-refractivity contribution in [3.05, 3.63) is 64.7 Å². The maximum absolute atomic E-state index is 12.6. The Morgan fingerprint density at radius 3 is 2.60 bits per heavy atom. The predicted molar refractivity (Wildman–Crippen MR) is 82.5 cm³/mol. The van der Waals surface area contributed by atoms with Crippen molar-refractivity contribution in [2.24, 2.45) is 5.92 Å². The minimum Gasteiger partial charge on any atom is -0.384 e. The maximum atomic E-state index is 12.6. The molecule has 1 saturated carbocycles. The molecule has 1 aliphatic carbocycles. The predicted octanol–water partition coefficient (Wildman–Crippen LogP) is 4.39. The van der Waals surface area contributed by atoms with E-state index in [1.807, 2.05) is 36.4 Å². The lowest BCUT2D eigenvalue weighted by Gasteiger charge is -2.11. The Morgan fingerprint density at radius 2 is 1.90 bits per heavy atom. The molecule has 0 unspecified atom stereocenters. The first-order valence-corrected chi connectivity index (χ1v) is 7.25. The molecule has 0 aromatic heterocycles. The molecule has 102 valence electrons. The van der Waals surface area contributed by atoms with Crippen LogP contribution < -0.4 is 5.32 Å². The van der Waals surface area contributed by atoms with Crippen molar-refractivity contribution in [1.82, 2.24) is 0 Å². The van der Waals surface area contributed by atoms with Crippen LogP contribution in [0.25, 0.3) is 0 Å². The van der Waals surface area contributed by atoms with Gasteiger partial charge in [-0.15, -0.1) is 0 Å². The van der Waals surface area contributed by atoms with Gasteiger partial charge in [-0.1, -0.05) is 41.9 Å². The van der Waals surface area contributed by atoms with Gasteiger partial charge in [-0.3, -0.25) is 4.79 Å². The summed E-state index contributed by atoms with van der Waals surface area (Å²) in [7, 11) is 0. The number of ketones is 1. The van der Waals surface area contributed by atoms with Gasteiger partial charge in [0.2, 0.25) is 0 Å². The second-order valence-electron chi connectivity index (χ2n) is 5.21. The molecule has 20 heavy (non-hydrogen) atoms. The summed E-state index contributed by atoms with van der Waals surface area (Å²) in [4.78, 5) is 12.6. The highest BCUT2D eigenvalue weighted by molar-refractivity contribution is 6.31. The van der Waals surface area contributed by atoms with Gasteiger partial charge in [0.1, 0.15) is 0 Å². The monoisotopic (exact) mass is 285 g/mol. The number of rotatable bonds is 5. The van der Waals surface area contributed by atoms with Gasteiger partial charge in [0.05, 0.1) is 0 Å². The zero-order chi connectivity index (χ0) is 13.9.